The fourth-order valence-corrected chi connectivity index (χ4v) is 3.36. The van der Waals surface area contributed by atoms with Crippen LogP contribution >= 0.6 is 0 Å². The van der Waals surface area contributed by atoms with E-state index in [1.54, 1.807) is 0 Å². The monoisotopic (exact) mass is 256 g/mol. The molecule has 0 aromatic rings. The van der Waals surface area contributed by atoms with Crippen LogP contribution in [0.1, 0.15) is 39.0 Å². The van der Waals surface area contributed by atoms with E-state index in [1.807, 2.05) is 0 Å². The van der Waals surface area contributed by atoms with E-state index in [2.05, 4.69) is 17.1 Å². The van der Waals surface area contributed by atoms with Gasteiger partial charge in [0.25, 0.3) is 0 Å². The Morgan fingerprint density at radius 2 is 2.28 bits per heavy atom. The van der Waals surface area contributed by atoms with Crippen molar-refractivity contribution in [3.05, 3.63) is 0 Å². The first kappa shape index (κ1) is 14.3. The molecule has 0 radical (unpaired) electrons. The molecule has 0 spiro atoms. The van der Waals surface area contributed by atoms with Gasteiger partial charge in [0, 0.05) is 31.8 Å². The average molecular weight is 256 g/mol. The van der Waals surface area contributed by atoms with E-state index in [4.69, 9.17) is 4.74 Å². The SMILES string of the molecule is CCCC1CC(CO)(N2CCCNCC2)CCO1. The molecule has 0 saturated carbocycles. The van der Waals surface area contributed by atoms with Gasteiger partial charge in [-0.05, 0) is 32.2 Å². The van der Waals surface area contributed by atoms with E-state index in [9.17, 15) is 5.11 Å². The first-order valence-electron chi connectivity index (χ1n) is 7.49. The number of nitrogens with zero attached hydrogens (tertiary/aromatic N) is 1. The van der Waals surface area contributed by atoms with Gasteiger partial charge in [0.2, 0.25) is 0 Å². The Hall–Kier alpha value is -0.160. The van der Waals surface area contributed by atoms with E-state index in [-0.39, 0.29) is 12.1 Å². The summed E-state index contributed by atoms with van der Waals surface area (Å²) >= 11 is 0. The molecular formula is C14H28N2O2. The highest BCUT2D eigenvalue weighted by Gasteiger charge is 2.41. The first-order valence-corrected chi connectivity index (χ1v) is 7.49. The van der Waals surface area contributed by atoms with Crippen LogP contribution in [-0.2, 0) is 4.74 Å². The molecule has 2 rings (SSSR count). The minimum absolute atomic E-state index is 0.0237. The van der Waals surface area contributed by atoms with Gasteiger partial charge >= 0.3 is 0 Å². The Labute approximate surface area is 111 Å². The van der Waals surface area contributed by atoms with Crippen molar-refractivity contribution in [3.63, 3.8) is 0 Å². The highest BCUT2D eigenvalue weighted by Crippen LogP contribution is 2.32. The van der Waals surface area contributed by atoms with Gasteiger partial charge in [-0.1, -0.05) is 13.3 Å². The molecule has 0 aliphatic carbocycles. The fraction of sp³-hybridized carbons (Fsp3) is 1.00. The molecule has 106 valence electrons. The Kier molecular flexibility index (Phi) is 5.42. The Balaban J connectivity index is 2.02. The van der Waals surface area contributed by atoms with E-state index < -0.39 is 0 Å². The van der Waals surface area contributed by atoms with Crippen LogP contribution in [0.2, 0.25) is 0 Å². The van der Waals surface area contributed by atoms with Gasteiger partial charge in [-0.3, -0.25) is 4.90 Å². The summed E-state index contributed by atoms with van der Waals surface area (Å²) in [5.41, 5.74) is -0.0237. The summed E-state index contributed by atoms with van der Waals surface area (Å²) in [6.45, 7) is 7.58. The number of hydrogen-bond donors (Lipinski definition) is 2. The summed E-state index contributed by atoms with van der Waals surface area (Å²) in [5.74, 6) is 0. The van der Waals surface area contributed by atoms with Crippen LogP contribution in [-0.4, -0.2) is 61.0 Å². The third-order valence-corrected chi connectivity index (χ3v) is 4.44. The largest absolute Gasteiger partial charge is 0.394 e. The van der Waals surface area contributed by atoms with E-state index in [1.165, 1.54) is 6.42 Å². The highest BCUT2D eigenvalue weighted by molar-refractivity contribution is 4.96. The third kappa shape index (κ3) is 3.23. The van der Waals surface area contributed by atoms with Crippen molar-refractivity contribution in [2.24, 2.45) is 0 Å². The molecule has 4 nitrogen and oxygen atoms in total. The number of hydrogen-bond acceptors (Lipinski definition) is 4. The van der Waals surface area contributed by atoms with E-state index in [0.717, 1.165) is 58.5 Å². The Morgan fingerprint density at radius 3 is 3.06 bits per heavy atom. The highest BCUT2D eigenvalue weighted by atomic mass is 16.5. The fourth-order valence-electron chi connectivity index (χ4n) is 3.36. The van der Waals surface area contributed by atoms with Crippen molar-refractivity contribution >= 4 is 0 Å². The number of aliphatic hydroxyl groups is 1. The van der Waals surface area contributed by atoms with Crippen LogP contribution in [0.5, 0.6) is 0 Å². The van der Waals surface area contributed by atoms with Crippen molar-refractivity contribution in [2.75, 3.05) is 39.4 Å². The summed E-state index contributed by atoms with van der Waals surface area (Å²) in [7, 11) is 0. The number of rotatable bonds is 4. The lowest BCUT2D eigenvalue weighted by Gasteiger charge is -2.47. The topological polar surface area (TPSA) is 44.7 Å². The van der Waals surface area contributed by atoms with Gasteiger partial charge in [-0.25, -0.2) is 0 Å². The van der Waals surface area contributed by atoms with Crippen LogP contribution in [0.25, 0.3) is 0 Å². The minimum Gasteiger partial charge on any atom is -0.394 e. The van der Waals surface area contributed by atoms with Crippen molar-refractivity contribution in [3.8, 4) is 0 Å². The molecule has 18 heavy (non-hydrogen) atoms. The zero-order chi connectivity index (χ0) is 12.8. The summed E-state index contributed by atoms with van der Waals surface area (Å²) in [6, 6.07) is 0. The van der Waals surface area contributed by atoms with Crippen LogP contribution in [0.4, 0.5) is 0 Å². The molecule has 0 bridgehead atoms. The number of nitrogens with one attached hydrogen (secondary N) is 1. The van der Waals surface area contributed by atoms with Gasteiger partial charge in [0.1, 0.15) is 0 Å². The molecule has 0 amide bonds. The standard InChI is InChI=1S/C14H28N2O2/c1-2-4-13-11-14(12-17,5-10-18-13)16-8-3-6-15-7-9-16/h13,15,17H,2-12H2,1H3. The summed E-state index contributed by atoms with van der Waals surface area (Å²) in [6.07, 6.45) is 5.77. The zero-order valence-electron chi connectivity index (χ0n) is 11.7. The summed E-state index contributed by atoms with van der Waals surface area (Å²) < 4.78 is 5.84. The van der Waals surface area contributed by atoms with Crippen molar-refractivity contribution in [1.82, 2.24) is 10.2 Å². The molecule has 4 heteroatoms. The second-order valence-electron chi connectivity index (χ2n) is 5.71. The summed E-state index contributed by atoms with van der Waals surface area (Å²) in [5, 5.41) is 13.4. The van der Waals surface area contributed by atoms with Gasteiger partial charge in [-0.15, -0.1) is 0 Å². The van der Waals surface area contributed by atoms with Crippen LogP contribution < -0.4 is 5.32 Å². The quantitative estimate of drug-likeness (QED) is 0.787. The maximum absolute atomic E-state index is 9.95. The number of aliphatic hydroxyl groups excluding tert-OH is 1. The minimum atomic E-state index is -0.0237. The third-order valence-electron chi connectivity index (χ3n) is 4.44. The maximum Gasteiger partial charge on any atom is 0.0617 e. The molecule has 2 fully saturated rings. The molecule has 2 aliphatic rings. The molecule has 2 unspecified atom stereocenters. The van der Waals surface area contributed by atoms with Crippen molar-refractivity contribution in [2.45, 2.75) is 50.7 Å². The van der Waals surface area contributed by atoms with Gasteiger partial charge in [0.15, 0.2) is 0 Å². The van der Waals surface area contributed by atoms with Crippen LogP contribution in [0, 0.1) is 0 Å². The Bertz CT molecular complexity index is 240. The van der Waals surface area contributed by atoms with Crippen molar-refractivity contribution < 1.29 is 9.84 Å². The molecule has 2 aliphatic heterocycles. The van der Waals surface area contributed by atoms with Gasteiger partial charge in [-0.2, -0.15) is 0 Å². The second-order valence-corrected chi connectivity index (χ2v) is 5.71. The molecule has 2 heterocycles. The Morgan fingerprint density at radius 1 is 1.39 bits per heavy atom. The lowest BCUT2D eigenvalue weighted by atomic mass is 9.84. The van der Waals surface area contributed by atoms with Gasteiger partial charge in [0.05, 0.1) is 12.7 Å². The molecule has 0 aromatic heterocycles. The predicted octanol–water partition coefficient (Wildman–Crippen LogP) is 0.992. The average Bonchev–Trinajstić information content (AvgIpc) is 2.68. The van der Waals surface area contributed by atoms with Crippen LogP contribution in [0.15, 0.2) is 0 Å². The molecule has 2 atom stereocenters. The molecule has 2 saturated heterocycles. The number of ether oxygens (including phenoxy) is 1. The molecular weight excluding hydrogens is 228 g/mol. The summed E-state index contributed by atoms with van der Waals surface area (Å²) in [4.78, 5) is 2.51. The molecule has 2 N–H and O–H groups in total. The lowest BCUT2D eigenvalue weighted by Crippen LogP contribution is -2.57. The first-order chi connectivity index (χ1) is 8.80. The van der Waals surface area contributed by atoms with Crippen molar-refractivity contribution in [1.29, 1.82) is 0 Å². The maximum atomic E-state index is 9.95. The predicted molar refractivity (Wildman–Crippen MR) is 72.8 cm³/mol. The normalized spacial score (nSPS) is 35.3. The second kappa shape index (κ2) is 6.85. The van der Waals surface area contributed by atoms with E-state index >= 15 is 0 Å². The molecule has 0 aromatic carbocycles. The zero-order valence-corrected chi connectivity index (χ0v) is 11.7. The smallest absolute Gasteiger partial charge is 0.0617 e. The van der Waals surface area contributed by atoms with Crippen LogP contribution in [0.3, 0.4) is 0 Å². The lowest BCUT2D eigenvalue weighted by molar-refractivity contribution is -0.0946. The van der Waals surface area contributed by atoms with Gasteiger partial charge < -0.3 is 15.2 Å². The van der Waals surface area contributed by atoms with E-state index in [0.29, 0.717) is 6.10 Å².